The van der Waals surface area contributed by atoms with Crippen molar-refractivity contribution < 1.29 is 0 Å². The van der Waals surface area contributed by atoms with Crippen LogP contribution in [0.2, 0.25) is 0 Å². The number of nitrogens with one attached hydrogen (secondary N) is 1. The summed E-state index contributed by atoms with van der Waals surface area (Å²) < 4.78 is 0. The molecule has 0 aliphatic carbocycles. The van der Waals surface area contributed by atoms with Crippen molar-refractivity contribution in [2.75, 3.05) is 0 Å². The quantitative estimate of drug-likeness (QED) is 0.671. The summed E-state index contributed by atoms with van der Waals surface area (Å²) in [4.78, 5) is 6.01. The van der Waals surface area contributed by atoms with Crippen LogP contribution in [0, 0.1) is 20.8 Å². The summed E-state index contributed by atoms with van der Waals surface area (Å²) in [7, 11) is 0. The first-order valence-electron chi connectivity index (χ1n) is 6.47. The molecule has 0 spiro atoms. The lowest BCUT2D eigenvalue weighted by Crippen LogP contribution is -1.87. The Balaban J connectivity index is 2.06. The van der Waals surface area contributed by atoms with Gasteiger partial charge in [-0.15, -0.1) is 0 Å². The number of fused-ring (bicyclic) bond motifs is 1. The summed E-state index contributed by atoms with van der Waals surface area (Å²) in [5.74, 6) is 0. The largest absolute Gasteiger partial charge is 0.360 e. The summed E-state index contributed by atoms with van der Waals surface area (Å²) in [5, 5.41) is 1.30. The van der Waals surface area contributed by atoms with Crippen molar-refractivity contribution in [2.45, 2.75) is 30.6 Å². The highest BCUT2D eigenvalue weighted by Gasteiger charge is 2.09. The fourth-order valence-electron chi connectivity index (χ4n) is 2.57. The first kappa shape index (κ1) is 12.4. The summed E-state index contributed by atoms with van der Waals surface area (Å²) >= 11 is 1.85. The molecule has 0 radical (unpaired) electrons. The standard InChI is InChI=1S/C17H17NS/c1-11-8-12(2)17(13(3)9-11)19-16-10-18-15-7-5-4-6-14(15)16/h4-10,18H,1-3H3. The molecule has 2 aromatic carbocycles. The maximum Gasteiger partial charge on any atom is 0.0465 e. The van der Waals surface area contributed by atoms with E-state index < -0.39 is 0 Å². The molecule has 96 valence electrons. The van der Waals surface area contributed by atoms with Gasteiger partial charge in [-0.3, -0.25) is 0 Å². The molecule has 0 amide bonds. The van der Waals surface area contributed by atoms with Crippen LogP contribution in [-0.2, 0) is 0 Å². The number of H-pyrrole nitrogens is 1. The van der Waals surface area contributed by atoms with Crippen LogP contribution in [0.5, 0.6) is 0 Å². The molecule has 3 aromatic rings. The molecule has 1 nitrogen and oxygen atoms in total. The van der Waals surface area contributed by atoms with Gasteiger partial charge in [0.25, 0.3) is 0 Å². The Kier molecular flexibility index (Phi) is 3.11. The van der Waals surface area contributed by atoms with E-state index in [1.165, 1.54) is 37.4 Å². The van der Waals surface area contributed by atoms with E-state index in [-0.39, 0.29) is 0 Å². The van der Waals surface area contributed by atoms with Gasteiger partial charge in [0.1, 0.15) is 0 Å². The normalized spacial score (nSPS) is 11.1. The first-order valence-corrected chi connectivity index (χ1v) is 7.28. The number of benzene rings is 2. The van der Waals surface area contributed by atoms with Gasteiger partial charge in [-0.2, -0.15) is 0 Å². The van der Waals surface area contributed by atoms with Crippen molar-refractivity contribution in [3.05, 3.63) is 59.3 Å². The third kappa shape index (κ3) is 2.28. The van der Waals surface area contributed by atoms with E-state index in [0.29, 0.717) is 0 Å². The molecule has 1 aromatic heterocycles. The molecule has 19 heavy (non-hydrogen) atoms. The van der Waals surface area contributed by atoms with Gasteiger partial charge in [0, 0.05) is 26.9 Å². The number of aromatic nitrogens is 1. The van der Waals surface area contributed by atoms with E-state index in [0.717, 1.165) is 0 Å². The number of hydrogen-bond donors (Lipinski definition) is 1. The van der Waals surface area contributed by atoms with Crippen LogP contribution in [0.25, 0.3) is 10.9 Å². The van der Waals surface area contributed by atoms with E-state index in [9.17, 15) is 0 Å². The Hall–Kier alpha value is -1.67. The second-order valence-corrected chi connectivity index (χ2v) is 6.08. The molecular formula is C17H17NS. The zero-order valence-corrected chi connectivity index (χ0v) is 12.3. The molecule has 2 heteroatoms. The third-order valence-electron chi connectivity index (χ3n) is 3.37. The minimum absolute atomic E-state index is 1.20. The van der Waals surface area contributed by atoms with Gasteiger partial charge in [0.15, 0.2) is 0 Å². The fraction of sp³-hybridized carbons (Fsp3) is 0.176. The molecule has 0 saturated carbocycles. The highest BCUT2D eigenvalue weighted by molar-refractivity contribution is 7.99. The summed E-state index contributed by atoms with van der Waals surface area (Å²) in [6, 6.07) is 13.0. The molecule has 1 N–H and O–H groups in total. The smallest absolute Gasteiger partial charge is 0.0465 e. The Morgan fingerprint density at radius 1 is 0.947 bits per heavy atom. The third-order valence-corrected chi connectivity index (χ3v) is 4.77. The predicted molar refractivity (Wildman–Crippen MR) is 83.1 cm³/mol. The molecule has 0 saturated heterocycles. The second-order valence-electron chi connectivity index (χ2n) is 5.03. The van der Waals surface area contributed by atoms with Crippen molar-refractivity contribution in [1.29, 1.82) is 0 Å². The van der Waals surface area contributed by atoms with E-state index >= 15 is 0 Å². The van der Waals surface area contributed by atoms with Crippen LogP contribution in [0.4, 0.5) is 0 Å². The lowest BCUT2D eigenvalue weighted by atomic mass is 10.1. The number of aryl methyl sites for hydroxylation is 3. The molecule has 0 aliphatic heterocycles. The van der Waals surface area contributed by atoms with Gasteiger partial charge in [-0.25, -0.2) is 0 Å². The molecule has 0 fully saturated rings. The molecular weight excluding hydrogens is 250 g/mol. The fourth-order valence-corrected chi connectivity index (χ4v) is 3.63. The number of aromatic amines is 1. The van der Waals surface area contributed by atoms with E-state index in [1.54, 1.807) is 0 Å². The van der Waals surface area contributed by atoms with E-state index in [1.807, 2.05) is 11.8 Å². The van der Waals surface area contributed by atoms with Crippen molar-refractivity contribution in [1.82, 2.24) is 4.98 Å². The first-order chi connectivity index (χ1) is 9.15. The molecule has 0 atom stereocenters. The van der Waals surface area contributed by atoms with Gasteiger partial charge in [0.05, 0.1) is 0 Å². The summed E-state index contributed by atoms with van der Waals surface area (Å²) in [6.45, 7) is 6.54. The van der Waals surface area contributed by atoms with Gasteiger partial charge in [-0.05, 0) is 38.0 Å². The van der Waals surface area contributed by atoms with Crippen molar-refractivity contribution in [3.8, 4) is 0 Å². The van der Waals surface area contributed by atoms with Crippen LogP contribution in [-0.4, -0.2) is 4.98 Å². The maximum absolute atomic E-state index is 3.34. The Bertz CT molecular complexity index is 717. The Morgan fingerprint density at radius 3 is 2.37 bits per heavy atom. The van der Waals surface area contributed by atoms with E-state index in [2.05, 4.69) is 68.4 Å². The predicted octanol–water partition coefficient (Wildman–Crippen LogP) is 5.24. The van der Waals surface area contributed by atoms with Crippen LogP contribution < -0.4 is 0 Å². The molecule has 0 bridgehead atoms. The number of para-hydroxylation sites is 1. The monoisotopic (exact) mass is 267 g/mol. The molecule has 0 aliphatic rings. The zero-order chi connectivity index (χ0) is 13.4. The molecule has 0 unspecified atom stereocenters. The lowest BCUT2D eigenvalue weighted by Gasteiger charge is -2.10. The van der Waals surface area contributed by atoms with Crippen molar-refractivity contribution in [2.24, 2.45) is 0 Å². The molecule has 3 rings (SSSR count). The van der Waals surface area contributed by atoms with Gasteiger partial charge >= 0.3 is 0 Å². The van der Waals surface area contributed by atoms with Crippen LogP contribution in [0.15, 0.2) is 52.4 Å². The topological polar surface area (TPSA) is 15.8 Å². The number of hydrogen-bond acceptors (Lipinski definition) is 1. The second kappa shape index (κ2) is 4.78. The summed E-state index contributed by atoms with van der Waals surface area (Å²) in [5.41, 5.74) is 5.24. The lowest BCUT2D eigenvalue weighted by molar-refractivity contribution is 1.19. The highest BCUT2D eigenvalue weighted by Crippen LogP contribution is 2.37. The minimum Gasteiger partial charge on any atom is -0.360 e. The van der Waals surface area contributed by atoms with Gasteiger partial charge < -0.3 is 4.98 Å². The molecule has 1 heterocycles. The van der Waals surface area contributed by atoms with Crippen molar-refractivity contribution >= 4 is 22.7 Å². The SMILES string of the molecule is Cc1cc(C)c(Sc2c[nH]c3ccccc23)c(C)c1. The number of rotatable bonds is 2. The van der Waals surface area contributed by atoms with Crippen LogP contribution in [0.1, 0.15) is 16.7 Å². The highest BCUT2D eigenvalue weighted by atomic mass is 32.2. The van der Waals surface area contributed by atoms with Gasteiger partial charge in [0.2, 0.25) is 0 Å². The van der Waals surface area contributed by atoms with E-state index in [4.69, 9.17) is 0 Å². The van der Waals surface area contributed by atoms with Gasteiger partial charge in [-0.1, -0.05) is 47.7 Å². The van der Waals surface area contributed by atoms with Crippen LogP contribution in [0.3, 0.4) is 0 Å². The Morgan fingerprint density at radius 2 is 1.63 bits per heavy atom. The van der Waals surface area contributed by atoms with Crippen LogP contribution >= 0.6 is 11.8 Å². The maximum atomic E-state index is 3.34. The zero-order valence-electron chi connectivity index (χ0n) is 11.4. The van der Waals surface area contributed by atoms with Crippen molar-refractivity contribution in [3.63, 3.8) is 0 Å². The minimum atomic E-state index is 1.20. The average molecular weight is 267 g/mol. The average Bonchev–Trinajstić information content (AvgIpc) is 2.77. The summed E-state index contributed by atoms with van der Waals surface area (Å²) in [6.07, 6.45) is 2.11. The Labute approximate surface area is 118 Å².